The Hall–Kier alpha value is -4.65. The van der Waals surface area contributed by atoms with Crippen LogP contribution in [0.2, 0.25) is 5.02 Å². The van der Waals surface area contributed by atoms with E-state index in [1.807, 2.05) is 0 Å². The predicted octanol–water partition coefficient (Wildman–Crippen LogP) is 6.95. The number of carbonyl (C=O) groups excluding carboxylic acids is 2. The normalized spacial score (nSPS) is 14.6. The molecule has 4 aromatic rings. The van der Waals surface area contributed by atoms with Crippen LogP contribution in [0.1, 0.15) is 50.0 Å². The molecular formula is C28H15ClF7N3O3. The molecule has 0 aliphatic carbocycles. The summed E-state index contributed by atoms with van der Waals surface area (Å²) in [4.78, 5) is 38.0. The number of rotatable bonds is 5. The molecule has 1 aliphatic rings. The lowest BCUT2D eigenvalue weighted by molar-refractivity contribution is -0.137. The molecule has 0 spiro atoms. The van der Waals surface area contributed by atoms with E-state index in [0.717, 1.165) is 24.4 Å². The number of carbonyl (C=O) groups is 2. The SMILES string of the molecule is O=C(Nc1cc(-c2ccc(=O)n(C(F)F)c2)cc2c1[C@@H](c1cc(F)ccc1Cl)NC2=O)c1cc(F)cc(C(F)(F)F)c1. The lowest BCUT2D eigenvalue weighted by atomic mass is 9.93. The Morgan fingerprint density at radius 3 is 2.36 bits per heavy atom. The molecule has 0 unspecified atom stereocenters. The van der Waals surface area contributed by atoms with Crippen LogP contribution in [0, 0.1) is 11.6 Å². The summed E-state index contributed by atoms with van der Waals surface area (Å²) in [5.74, 6) is -4.00. The zero-order valence-corrected chi connectivity index (χ0v) is 21.5. The Balaban J connectivity index is 1.69. The van der Waals surface area contributed by atoms with Gasteiger partial charge in [-0.05, 0) is 65.7 Å². The highest BCUT2D eigenvalue weighted by Gasteiger charge is 2.36. The fourth-order valence-electron chi connectivity index (χ4n) is 4.58. The maximum atomic E-state index is 14.1. The number of hydrogen-bond donors (Lipinski definition) is 2. The van der Waals surface area contributed by atoms with Gasteiger partial charge in [-0.1, -0.05) is 11.6 Å². The summed E-state index contributed by atoms with van der Waals surface area (Å²) in [5, 5.41) is 4.97. The maximum absolute atomic E-state index is 14.1. The van der Waals surface area contributed by atoms with E-state index in [-0.39, 0.29) is 49.2 Å². The molecule has 2 heterocycles. The fraction of sp³-hybridized carbons (Fsp3) is 0.107. The minimum Gasteiger partial charge on any atom is -0.341 e. The van der Waals surface area contributed by atoms with Crippen molar-refractivity contribution in [3.63, 3.8) is 0 Å². The number of amides is 2. The molecule has 0 bridgehead atoms. The third-order valence-electron chi connectivity index (χ3n) is 6.48. The summed E-state index contributed by atoms with van der Waals surface area (Å²) in [7, 11) is 0. The molecule has 3 aromatic carbocycles. The van der Waals surface area contributed by atoms with Crippen molar-refractivity contribution in [1.82, 2.24) is 9.88 Å². The van der Waals surface area contributed by atoms with Gasteiger partial charge in [-0.3, -0.25) is 19.0 Å². The maximum Gasteiger partial charge on any atom is 0.416 e. The van der Waals surface area contributed by atoms with Crippen molar-refractivity contribution in [3.8, 4) is 11.1 Å². The number of nitrogens with zero attached hydrogens (tertiary/aromatic N) is 1. The number of alkyl halides is 5. The van der Waals surface area contributed by atoms with Crippen LogP contribution in [0.5, 0.6) is 0 Å². The number of anilines is 1. The standard InChI is InChI=1S/C28H15ClF7N3O3/c29-20-3-2-16(30)10-18(20)24-23-19(26(42)38-24)7-13(12-1-4-22(40)39(11-12)27(32)33)8-21(23)37-25(41)14-5-15(28(34,35)36)9-17(31)6-14/h1-11,24,27H,(H,37,41)(H,38,42)/t24-/m1/s1. The molecule has 6 nitrogen and oxygen atoms in total. The summed E-state index contributed by atoms with van der Waals surface area (Å²) in [6.07, 6.45) is -4.15. The lowest BCUT2D eigenvalue weighted by Crippen LogP contribution is -2.21. The van der Waals surface area contributed by atoms with E-state index < -0.39 is 58.9 Å². The molecular weight excluding hydrogens is 595 g/mol. The smallest absolute Gasteiger partial charge is 0.341 e. The van der Waals surface area contributed by atoms with Gasteiger partial charge in [-0.25, -0.2) is 8.78 Å². The van der Waals surface area contributed by atoms with E-state index in [0.29, 0.717) is 12.1 Å². The van der Waals surface area contributed by atoms with Crippen molar-refractivity contribution < 1.29 is 40.3 Å². The number of benzene rings is 3. The molecule has 14 heteroatoms. The van der Waals surface area contributed by atoms with Gasteiger partial charge in [0.1, 0.15) is 11.6 Å². The molecule has 42 heavy (non-hydrogen) atoms. The number of aromatic nitrogens is 1. The second kappa shape index (κ2) is 10.6. The Morgan fingerprint density at radius 1 is 0.929 bits per heavy atom. The van der Waals surface area contributed by atoms with Gasteiger partial charge in [0.05, 0.1) is 11.6 Å². The monoisotopic (exact) mass is 609 g/mol. The quantitative estimate of drug-likeness (QED) is 0.241. The van der Waals surface area contributed by atoms with Crippen LogP contribution in [0.15, 0.2) is 71.7 Å². The number of fused-ring (bicyclic) bond motifs is 1. The second-order valence-electron chi connectivity index (χ2n) is 9.18. The summed E-state index contributed by atoms with van der Waals surface area (Å²) < 4.78 is 94.9. The van der Waals surface area contributed by atoms with Crippen LogP contribution in [0.4, 0.5) is 36.4 Å². The van der Waals surface area contributed by atoms with Crippen molar-refractivity contribution >= 4 is 29.1 Å². The average molecular weight is 610 g/mol. The van der Waals surface area contributed by atoms with Crippen molar-refractivity contribution in [2.45, 2.75) is 18.8 Å². The van der Waals surface area contributed by atoms with Crippen molar-refractivity contribution in [1.29, 1.82) is 0 Å². The first kappa shape index (κ1) is 28.9. The van der Waals surface area contributed by atoms with Gasteiger partial charge in [0, 0.05) is 45.2 Å². The minimum absolute atomic E-state index is 0.0124. The Morgan fingerprint density at radius 2 is 1.67 bits per heavy atom. The van der Waals surface area contributed by atoms with E-state index in [2.05, 4.69) is 10.6 Å². The highest BCUT2D eigenvalue weighted by atomic mass is 35.5. The van der Waals surface area contributed by atoms with Crippen LogP contribution in [-0.2, 0) is 6.18 Å². The fourth-order valence-corrected chi connectivity index (χ4v) is 4.80. The van der Waals surface area contributed by atoms with Gasteiger partial charge in [-0.15, -0.1) is 0 Å². The molecule has 2 N–H and O–H groups in total. The van der Waals surface area contributed by atoms with E-state index in [1.165, 1.54) is 24.3 Å². The van der Waals surface area contributed by atoms with Gasteiger partial charge in [-0.2, -0.15) is 22.0 Å². The molecule has 5 rings (SSSR count). The summed E-state index contributed by atoms with van der Waals surface area (Å²) in [6.45, 7) is -3.20. The number of halogens is 8. The van der Waals surface area contributed by atoms with E-state index in [1.54, 1.807) is 0 Å². The Labute approximate surface area is 236 Å². The van der Waals surface area contributed by atoms with Gasteiger partial charge >= 0.3 is 12.7 Å². The lowest BCUT2D eigenvalue weighted by Gasteiger charge is -2.19. The van der Waals surface area contributed by atoms with E-state index in [4.69, 9.17) is 11.6 Å². The highest BCUT2D eigenvalue weighted by molar-refractivity contribution is 6.31. The molecule has 216 valence electrons. The molecule has 0 fully saturated rings. The van der Waals surface area contributed by atoms with Crippen molar-refractivity contribution in [2.24, 2.45) is 0 Å². The molecule has 2 amide bonds. The van der Waals surface area contributed by atoms with Crippen molar-refractivity contribution in [2.75, 3.05) is 5.32 Å². The molecule has 1 atom stereocenters. The topological polar surface area (TPSA) is 80.2 Å². The number of nitrogens with one attached hydrogen (secondary N) is 2. The molecule has 0 saturated heterocycles. The third-order valence-corrected chi connectivity index (χ3v) is 6.82. The van der Waals surface area contributed by atoms with E-state index >= 15 is 0 Å². The zero-order valence-electron chi connectivity index (χ0n) is 20.7. The Bertz CT molecular complexity index is 1820. The number of pyridine rings is 1. The largest absolute Gasteiger partial charge is 0.416 e. The first-order valence-electron chi connectivity index (χ1n) is 11.9. The van der Waals surface area contributed by atoms with Gasteiger partial charge in [0.15, 0.2) is 0 Å². The average Bonchev–Trinajstić information content (AvgIpc) is 3.25. The van der Waals surface area contributed by atoms with Gasteiger partial charge in [0.2, 0.25) is 0 Å². The van der Waals surface area contributed by atoms with Crippen LogP contribution < -0.4 is 16.2 Å². The first-order chi connectivity index (χ1) is 19.7. The van der Waals surface area contributed by atoms with Crippen LogP contribution in [-0.4, -0.2) is 16.4 Å². The molecule has 0 radical (unpaired) electrons. The minimum atomic E-state index is -4.97. The highest BCUT2D eigenvalue weighted by Crippen LogP contribution is 2.42. The number of hydrogen-bond acceptors (Lipinski definition) is 3. The van der Waals surface area contributed by atoms with Gasteiger partial charge < -0.3 is 10.6 Å². The second-order valence-corrected chi connectivity index (χ2v) is 9.59. The summed E-state index contributed by atoms with van der Waals surface area (Å²) in [5.41, 5.74) is -3.32. The summed E-state index contributed by atoms with van der Waals surface area (Å²) in [6, 6.07) is 7.89. The molecule has 1 aromatic heterocycles. The van der Waals surface area contributed by atoms with Crippen LogP contribution in [0.25, 0.3) is 11.1 Å². The van der Waals surface area contributed by atoms with E-state index in [9.17, 15) is 45.1 Å². The van der Waals surface area contributed by atoms with Crippen LogP contribution in [0.3, 0.4) is 0 Å². The summed E-state index contributed by atoms with van der Waals surface area (Å²) >= 11 is 6.25. The van der Waals surface area contributed by atoms with Gasteiger partial charge in [0.25, 0.3) is 17.4 Å². The zero-order chi connectivity index (χ0) is 30.5. The molecule has 0 saturated carbocycles. The van der Waals surface area contributed by atoms with Crippen LogP contribution >= 0.6 is 11.6 Å². The first-order valence-corrected chi connectivity index (χ1v) is 12.2. The van der Waals surface area contributed by atoms with Crippen molar-refractivity contribution in [3.05, 3.63) is 122 Å². The predicted molar refractivity (Wildman–Crippen MR) is 137 cm³/mol. The Kier molecular flexibility index (Phi) is 7.31. The molecule has 1 aliphatic heterocycles. The third kappa shape index (κ3) is 5.47.